The molecule has 0 aromatic heterocycles. The number of hydrogen-bond donors (Lipinski definition) is 1. The van der Waals surface area contributed by atoms with Crippen LogP contribution in [0.1, 0.15) is 13.8 Å². The number of amides is 1. The van der Waals surface area contributed by atoms with Crippen LogP contribution in [0.15, 0.2) is 0 Å². The van der Waals surface area contributed by atoms with E-state index in [9.17, 15) is 4.79 Å². The van der Waals surface area contributed by atoms with Crippen molar-refractivity contribution in [2.45, 2.75) is 18.6 Å². The van der Waals surface area contributed by atoms with Crippen LogP contribution in [0.4, 0.5) is 0 Å². The van der Waals surface area contributed by atoms with Gasteiger partial charge in [-0.2, -0.15) is 11.8 Å². The van der Waals surface area contributed by atoms with E-state index >= 15 is 0 Å². The number of hydrogen-bond acceptors (Lipinski definition) is 4. The zero-order chi connectivity index (χ0) is 12.0. The molecule has 0 radical (unpaired) electrons. The van der Waals surface area contributed by atoms with E-state index in [2.05, 4.69) is 19.2 Å². The fraction of sp³-hybridized carbons (Fsp3) is 0.909. The fourth-order valence-corrected chi connectivity index (χ4v) is 2.82. The molecular weight excluding hydrogens is 224 g/mol. The molecule has 1 rings (SSSR count). The summed E-state index contributed by atoms with van der Waals surface area (Å²) in [4.78, 5) is 13.8. The van der Waals surface area contributed by atoms with Crippen LogP contribution in [-0.2, 0) is 9.53 Å². The maximum atomic E-state index is 11.9. The molecule has 0 aromatic rings. The van der Waals surface area contributed by atoms with Crippen LogP contribution in [0.25, 0.3) is 0 Å². The monoisotopic (exact) mass is 246 g/mol. The van der Waals surface area contributed by atoms with Crippen molar-refractivity contribution in [2.75, 3.05) is 45.6 Å². The van der Waals surface area contributed by atoms with Gasteiger partial charge in [0.05, 0.1) is 13.2 Å². The molecule has 16 heavy (non-hydrogen) atoms. The number of thioether (sulfide) groups is 1. The molecule has 1 fully saturated rings. The molecule has 0 aromatic carbocycles. The third kappa shape index (κ3) is 4.72. The Morgan fingerprint density at radius 3 is 2.94 bits per heavy atom. The van der Waals surface area contributed by atoms with Gasteiger partial charge in [0, 0.05) is 37.2 Å². The highest BCUT2D eigenvalue weighted by Gasteiger charge is 2.29. The smallest absolute Gasteiger partial charge is 0.236 e. The van der Waals surface area contributed by atoms with E-state index in [1.807, 2.05) is 16.7 Å². The number of nitrogens with one attached hydrogen (secondary N) is 1. The Labute approximate surface area is 102 Å². The molecule has 1 amide bonds. The predicted molar refractivity (Wildman–Crippen MR) is 67.9 cm³/mol. The first-order valence-electron chi connectivity index (χ1n) is 5.66. The van der Waals surface area contributed by atoms with Crippen molar-refractivity contribution < 1.29 is 9.53 Å². The summed E-state index contributed by atoms with van der Waals surface area (Å²) in [5.41, 5.74) is 0. The normalized spacial score (nSPS) is 19.8. The highest BCUT2D eigenvalue weighted by molar-refractivity contribution is 8.00. The number of carbonyl (C=O) groups is 1. The molecule has 0 unspecified atom stereocenters. The summed E-state index contributed by atoms with van der Waals surface area (Å²) < 4.78 is 5.11. The molecule has 1 heterocycles. The SMILES string of the molecule is COCCNCC(=O)N1CCSC(C)(C)C1. The lowest BCUT2D eigenvalue weighted by Crippen LogP contribution is -2.49. The molecule has 0 atom stereocenters. The van der Waals surface area contributed by atoms with Crippen LogP contribution in [0.2, 0.25) is 0 Å². The zero-order valence-electron chi connectivity index (χ0n) is 10.4. The van der Waals surface area contributed by atoms with Crippen LogP contribution >= 0.6 is 11.8 Å². The molecule has 5 heteroatoms. The quantitative estimate of drug-likeness (QED) is 0.720. The van der Waals surface area contributed by atoms with Gasteiger partial charge in [-0.05, 0) is 13.8 Å². The summed E-state index contributed by atoms with van der Waals surface area (Å²) in [6.45, 7) is 7.90. The van der Waals surface area contributed by atoms with E-state index in [0.717, 1.165) is 25.4 Å². The Hall–Kier alpha value is -0.260. The van der Waals surface area contributed by atoms with Crippen molar-refractivity contribution >= 4 is 17.7 Å². The van der Waals surface area contributed by atoms with Crippen LogP contribution in [0.3, 0.4) is 0 Å². The summed E-state index contributed by atoms with van der Waals surface area (Å²) in [7, 11) is 1.66. The second kappa shape index (κ2) is 6.47. The van der Waals surface area contributed by atoms with Crippen molar-refractivity contribution in [3.05, 3.63) is 0 Å². The molecule has 94 valence electrons. The summed E-state index contributed by atoms with van der Waals surface area (Å²) in [5.74, 6) is 1.24. The predicted octanol–water partition coefficient (Wildman–Crippen LogP) is 0.576. The highest BCUT2D eigenvalue weighted by Crippen LogP contribution is 2.29. The summed E-state index contributed by atoms with van der Waals surface area (Å²) in [6.07, 6.45) is 0. The summed E-state index contributed by atoms with van der Waals surface area (Å²) >= 11 is 1.94. The average molecular weight is 246 g/mol. The number of carbonyl (C=O) groups excluding carboxylic acids is 1. The lowest BCUT2D eigenvalue weighted by molar-refractivity contribution is -0.130. The van der Waals surface area contributed by atoms with Crippen molar-refractivity contribution in [1.82, 2.24) is 10.2 Å². The topological polar surface area (TPSA) is 41.6 Å². The van der Waals surface area contributed by atoms with Gasteiger partial charge >= 0.3 is 0 Å². The standard InChI is InChI=1S/C11H22N2O2S/c1-11(2)9-13(5-7-16-11)10(14)8-12-4-6-15-3/h12H,4-9H2,1-3H3. The van der Waals surface area contributed by atoms with Crippen molar-refractivity contribution in [1.29, 1.82) is 0 Å². The van der Waals surface area contributed by atoms with E-state index < -0.39 is 0 Å². The Morgan fingerprint density at radius 1 is 1.56 bits per heavy atom. The minimum Gasteiger partial charge on any atom is -0.383 e. The van der Waals surface area contributed by atoms with Crippen molar-refractivity contribution in [3.63, 3.8) is 0 Å². The lowest BCUT2D eigenvalue weighted by atomic mass is 10.2. The minimum absolute atomic E-state index is 0.195. The first-order chi connectivity index (χ1) is 7.55. The molecule has 1 N–H and O–H groups in total. The number of rotatable bonds is 5. The Kier molecular flexibility index (Phi) is 5.58. The van der Waals surface area contributed by atoms with Gasteiger partial charge in [-0.25, -0.2) is 0 Å². The van der Waals surface area contributed by atoms with Crippen LogP contribution in [0, 0.1) is 0 Å². The number of ether oxygens (including phenoxy) is 1. The first kappa shape index (κ1) is 13.8. The van der Waals surface area contributed by atoms with E-state index in [-0.39, 0.29) is 10.7 Å². The Balaban J connectivity index is 2.25. The molecule has 1 aliphatic heterocycles. The van der Waals surface area contributed by atoms with E-state index in [1.54, 1.807) is 7.11 Å². The third-order valence-electron chi connectivity index (χ3n) is 2.54. The average Bonchev–Trinajstić information content (AvgIpc) is 2.22. The Morgan fingerprint density at radius 2 is 2.31 bits per heavy atom. The molecule has 0 bridgehead atoms. The maximum absolute atomic E-state index is 11.9. The molecule has 1 aliphatic rings. The highest BCUT2D eigenvalue weighted by atomic mass is 32.2. The Bertz CT molecular complexity index is 234. The minimum atomic E-state index is 0.195. The van der Waals surface area contributed by atoms with Gasteiger partial charge in [-0.3, -0.25) is 4.79 Å². The first-order valence-corrected chi connectivity index (χ1v) is 6.65. The van der Waals surface area contributed by atoms with Crippen molar-refractivity contribution in [3.8, 4) is 0 Å². The van der Waals surface area contributed by atoms with Gasteiger partial charge in [-0.15, -0.1) is 0 Å². The molecule has 1 saturated heterocycles. The van der Waals surface area contributed by atoms with E-state index in [0.29, 0.717) is 13.2 Å². The van der Waals surface area contributed by atoms with Gasteiger partial charge < -0.3 is 15.0 Å². The maximum Gasteiger partial charge on any atom is 0.236 e. The molecule has 4 nitrogen and oxygen atoms in total. The molecule has 0 aliphatic carbocycles. The van der Waals surface area contributed by atoms with Crippen LogP contribution in [0.5, 0.6) is 0 Å². The number of methoxy groups -OCH3 is 1. The zero-order valence-corrected chi connectivity index (χ0v) is 11.2. The van der Waals surface area contributed by atoms with Gasteiger partial charge in [0.2, 0.25) is 5.91 Å². The molecule has 0 spiro atoms. The largest absolute Gasteiger partial charge is 0.383 e. The summed E-state index contributed by atoms with van der Waals surface area (Å²) in [5, 5.41) is 3.09. The lowest BCUT2D eigenvalue weighted by Gasteiger charge is -2.37. The second-order valence-corrected chi connectivity index (χ2v) is 6.40. The van der Waals surface area contributed by atoms with E-state index in [1.165, 1.54) is 0 Å². The van der Waals surface area contributed by atoms with Crippen molar-refractivity contribution in [2.24, 2.45) is 0 Å². The van der Waals surface area contributed by atoms with Crippen LogP contribution in [-0.4, -0.2) is 61.2 Å². The second-order valence-electron chi connectivity index (χ2n) is 4.59. The molecule has 0 saturated carbocycles. The van der Waals surface area contributed by atoms with Gasteiger partial charge in [0.1, 0.15) is 0 Å². The number of nitrogens with zero attached hydrogens (tertiary/aromatic N) is 1. The van der Waals surface area contributed by atoms with E-state index in [4.69, 9.17) is 4.74 Å². The van der Waals surface area contributed by atoms with Crippen LogP contribution < -0.4 is 5.32 Å². The molecular formula is C11H22N2O2S. The third-order valence-corrected chi connectivity index (χ3v) is 3.83. The van der Waals surface area contributed by atoms with Gasteiger partial charge in [0.25, 0.3) is 0 Å². The van der Waals surface area contributed by atoms with Gasteiger partial charge in [0.15, 0.2) is 0 Å². The van der Waals surface area contributed by atoms with Gasteiger partial charge in [-0.1, -0.05) is 0 Å². The summed E-state index contributed by atoms with van der Waals surface area (Å²) in [6, 6.07) is 0. The fourth-order valence-electron chi connectivity index (χ4n) is 1.71.